The van der Waals surface area contributed by atoms with Crippen molar-refractivity contribution in [1.82, 2.24) is 4.98 Å². The number of hydrogen-bond acceptors (Lipinski definition) is 5. The van der Waals surface area contributed by atoms with Gasteiger partial charge in [0.25, 0.3) is 0 Å². The van der Waals surface area contributed by atoms with E-state index in [4.69, 9.17) is 5.73 Å². The van der Waals surface area contributed by atoms with Gasteiger partial charge in [-0.05, 0) is 60.7 Å². The van der Waals surface area contributed by atoms with Gasteiger partial charge in [0.2, 0.25) is 0 Å². The van der Waals surface area contributed by atoms with E-state index < -0.39 is 0 Å². The molecule has 1 heterocycles. The summed E-state index contributed by atoms with van der Waals surface area (Å²) in [6, 6.07) is 23.3. The number of nitrogens with zero attached hydrogens (tertiary/aromatic N) is 3. The van der Waals surface area contributed by atoms with Crippen LogP contribution in [0.4, 0.5) is 17.1 Å². The van der Waals surface area contributed by atoms with Crippen LogP contribution in [0, 0.1) is 0 Å². The Balaban J connectivity index is 1.47. The number of para-hydroxylation sites is 1. The number of nitrogen functional groups attached to an aromatic ring is 1. The van der Waals surface area contributed by atoms with E-state index >= 15 is 0 Å². The molecule has 0 amide bonds. The van der Waals surface area contributed by atoms with E-state index in [-0.39, 0.29) is 0 Å². The average molecular weight is 345 g/mol. The molecule has 1 aromatic heterocycles. The zero-order valence-corrected chi connectivity index (χ0v) is 14.1. The minimum absolute atomic E-state index is 0.716. The summed E-state index contributed by atoms with van der Waals surface area (Å²) < 4.78 is 1.19. The lowest BCUT2D eigenvalue weighted by atomic mass is 10.2. The Morgan fingerprint density at radius 3 is 2.40 bits per heavy atom. The molecule has 0 radical (unpaired) electrons. The number of hydrogen-bond donors (Lipinski definition) is 2. The van der Waals surface area contributed by atoms with Crippen molar-refractivity contribution in [3.8, 4) is 10.6 Å². The van der Waals surface area contributed by atoms with Crippen LogP contribution in [0.15, 0.2) is 83.1 Å². The molecule has 0 fully saturated rings. The quantitative estimate of drug-likeness (QED) is 0.285. The van der Waals surface area contributed by atoms with E-state index in [1.807, 2.05) is 66.7 Å². The lowest BCUT2D eigenvalue weighted by Crippen LogP contribution is -1.88. The van der Waals surface area contributed by atoms with Gasteiger partial charge in [0.05, 0.1) is 21.6 Å². The Hall–Kier alpha value is -3.25. The van der Waals surface area contributed by atoms with Crippen molar-refractivity contribution in [2.24, 2.45) is 10.3 Å². The second kappa shape index (κ2) is 6.70. The molecule has 0 aliphatic heterocycles. The van der Waals surface area contributed by atoms with E-state index in [1.165, 1.54) is 4.70 Å². The second-order valence-electron chi connectivity index (χ2n) is 5.47. The topological polar surface area (TPSA) is 75.7 Å². The predicted molar refractivity (Wildman–Crippen MR) is 104 cm³/mol. The number of benzene rings is 3. The molecule has 5 nitrogen and oxygen atoms in total. The molecule has 25 heavy (non-hydrogen) atoms. The summed E-state index contributed by atoms with van der Waals surface area (Å²) in [6.07, 6.45) is 0. The molecule has 3 N–H and O–H groups in total. The molecule has 0 aliphatic rings. The third-order valence-electron chi connectivity index (χ3n) is 3.66. The standard InChI is InChI=1S/C19H15N5S/c20-14-7-11-16(12-8-14)23-24-22-15-9-5-13(6-10-15)19-21-17-3-1-2-4-18(17)25-19/h1-12H,20H2,(H,22,23). The molecule has 0 aliphatic carbocycles. The van der Waals surface area contributed by atoms with Gasteiger partial charge in [0, 0.05) is 11.3 Å². The minimum atomic E-state index is 0.716. The summed E-state index contributed by atoms with van der Waals surface area (Å²) in [7, 11) is 0. The average Bonchev–Trinajstić information content (AvgIpc) is 3.08. The fraction of sp³-hybridized carbons (Fsp3) is 0. The van der Waals surface area contributed by atoms with Gasteiger partial charge in [-0.15, -0.1) is 16.5 Å². The van der Waals surface area contributed by atoms with E-state index in [1.54, 1.807) is 11.3 Å². The summed E-state index contributed by atoms with van der Waals surface area (Å²) in [5.74, 6) is 0. The van der Waals surface area contributed by atoms with E-state index in [2.05, 4.69) is 26.8 Å². The summed E-state index contributed by atoms with van der Waals surface area (Å²) in [6.45, 7) is 0. The first kappa shape index (κ1) is 15.3. The van der Waals surface area contributed by atoms with Crippen LogP contribution in [-0.2, 0) is 0 Å². The summed E-state index contributed by atoms with van der Waals surface area (Å²) in [5.41, 5.74) is 13.0. The van der Waals surface area contributed by atoms with Gasteiger partial charge >= 0.3 is 0 Å². The maximum Gasteiger partial charge on any atom is 0.124 e. The zero-order chi connectivity index (χ0) is 17.1. The first-order valence-electron chi connectivity index (χ1n) is 7.76. The van der Waals surface area contributed by atoms with E-state index in [0.29, 0.717) is 5.69 Å². The highest BCUT2D eigenvalue weighted by atomic mass is 32.1. The molecule has 0 bridgehead atoms. The molecule has 4 rings (SSSR count). The Morgan fingerprint density at radius 2 is 1.64 bits per heavy atom. The third kappa shape index (κ3) is 3.49. The monoisotopic (exact) mass is 345 g/mol. The van der Waals surface area contributed by atoms with Crippen LogP contribution >= 0.6 is 11.3 Å². The van der Waals surface area contributed by atoms with Crippen LogP contribution in [0.25, 0.3) is 20.8 Å². The van der Waals surface area contributed by atoms with Crippen molar-refractivity contribution in [1.29, 1.82) is 0 Å². The highest BCUT2D eigenvalue weighted by molar-refractivity contribution is 7.21. The Bertz CT molecular complexity index is 987. The highest BCUT2D eigenvalue weighted by Crippen LogP contribution is 2.30. The highest BCUT2D eigenvalue weighted by Gasteiger charge is 2.05. The van der Waals surface area contributed by atoms with Crippen LogP contribution in [0.2, 0.25) is 0 Å². The summed E-state index contributed by atoms with van der Waals surface area (Å²) in [4.78, 5) is 4.66. The molecule has 6 heteroatoms. The molecule has 0 atom stereocenters. The number of fused-ring (bicyclic) bond motifs is 1. The molecule has 0 saturated heterocycles. The van der Waals surface area contributed by atoms with Gasteiger partial charge in [0.1, 0.15) is 5.01 Å². The SMILES string of the molecule is Nc1ccc(NN=Nc2ccc(-c3nc4ccccc4s3)cc2)cc1. The number of thiazole rings is 1. The normalized spacial score (nSPS) is 11.2. The Morgan fingerprint density at radius 1 is 0.880 bits per heavy atom. The zero-order valence-electron chi connectivity index (χ0n) is 13.3. The molecule has 3 aromatic carbocycles. The van der Waals surface area contributed by atoms with E-state index in [0.717, 1.165) is 27.5 Å². The molecule has 0 spiro atoms. The van der Waals surface area contributed by atoms with Crippen molar-refractivity contribution in [2.45, 2.75) is 0 Å². The Kier molecular flexibility index (Phi) is 4.10. The van der Waals surface area contributed by atoms with Crippen LogP contribution in [0.5, 0.6) is 0 Å². The molecule has 4 aromatic rings. The van der Waals surface area contributed by atoms with Gasteiger partial charge in [-0.25, -0.2) is 4.98 Å². The summed E-state index contributed by atoms with van der Waals surface area (Å²) >= 11 is 1.68. The number of anilines is 2. The van der Waals surface area contributed by atoms with Crippen LogP contribution < -0.4 is 11.2 Å². The van der Waals surface area contributed by atoms with Gasteiger partial charge < -0.3 is 5.73 Å². The number of aromatic nitrogens is 1. The van der Waals surface area contributed by atoms with Crippen molar-refractivity contribution in [3.05, 3.63) is 72.8 Å². The lowest BCUT2D eigenvalue weighted by molar-refractivity contribution is 1.13. The lowest BCUT2D eigenvalue weighted by Gasteiger charge is -1.99. The second-order valence-corrected chi connectivity index (χ2v) is 6.50. The molecular weight excluding hydrogens is 330 g/mol. The predicted octanol–water partition coefficient (Wildman–Crippen LogP) is 5.66. The van der Waals surface area contributed by atoms with Crippen LogP contribution in [0.3, 0.4) is 0 Å². The molecule has 122 valence electrons. The first-order chi connectivity index (χ1) is 12.3. The largest absolute Gasteiger partial charge is 0.399 e. The Labute approximate surface area is 148 Å². The smallest absolute Gasteiger partial charge is 0.124 e. The third-order valence-corrected chi connectivity index (χ3v) is 4.75. The molecular formula is C19H15N5S. The number of nitrogens with one attached hydrogen (secondary N) is 1. The van der Waals surface area contributed by atoms with Crippen LogP contribution in [0.1, 0.15) is 0 Å². The number of rotatable bonds is 4. The molecule has 0 unspecified atom stereocenters. The maximum atomic E-state index is 5.65. The molecule has 0 saturated carbocycles. The van der Waals surface area contributed by atoms with Gasteiger partial charge in [-0.3, -0.25) is 5.43 Å². The van der Waals surface area contributed by atoms with Crippen molar-refractivity contribution in [2.75, 3.05) is 11.2 Å². The van der Waals surface area contributed by atoms with Crippen molar-refractivity contribution in [3.63, 3.8) is 0 Å². The fourth-order valence-electron chi connectivity index (χ4n) is 2.36. The van der Waals surface area contributed by atoms with E-state index in [9.17, 15) is 0 Å². The first-order valence-corrected chi connectivity index (χ1v) is 8.58. The fourth-order valence-corrected chi connectivity index (χ4v) is 3.34. The minimum Gasteiger partial charge on any atom is -0.399 e. The summed E-state index contributed by atoms with van der Waals surface area (Å²) in [5, 5.41) is 9.17. The van der Waals surface area contributed by atoms with Crippen LogP contribution in [-0.4, -0.2) is 4.98 Å². The van der Waals surface area contributed by atoms with Gasteiger partial charge in [0.15, 0.2) is 0 Å². The van der Waals surface area contributed by atoms with Gasteiger partial charge in [-0.1, -0.05) is 17.4 Å². The van der Waals surface area contributed by atoms with Crippen molar-refractivity contribution < 1.29 is 0 Å². The van der Waals surface area contributed by atoms with Gasteiger partial charge in [-0.2, -0.15) is 0 Å². The van der Waals surface area contributed by atoms with Crippen molar-refractivity contribution >= 4 is 38.6 Å². The maximum absolute atomic E-state index is 5.65. The number of nitrogens with two attached hydrogens (primary N) is 1.